The lowest BCUT2D eigenvalue weighted by Crippen LogP contribution is -2.28. The van der Waals surface area contributed by atoms with Gasteiger partial charge in [-0.05, 0) is 37.3 Å². The van der Waals surface area contributed by atoms with E-state index in [0.717, 1.165) is 49.5 Å². The number of hydrogen-bond acceptors (Lipinski definition) is 4. The van der Waals surface area contributed by atoms with E-state index in [1.54, 1.807) is 0 Å². The smallest absolute Gasteiger partial charge is 0.146 e. The van der Waals surface area contributed by atoms with E-state index >= 15 is 0 Å². The Kier molecular flexibility index (Phi) is 3.64. The Bertz CT molecular complexity index is 560. The third-order valence-electron chi connectivity index (χ3n) is 4.29. The second-order valence-electron chi connectivity index (χ2n) is 6.28. The Morgan fingerprint density at radius 2 is 2.20 bits per heavy atom. The summed E-state index contributed by atoms with van der Waals surface area (Å²) in [6.45, 7) is 6.61. The predicted octanol–water partition coefficient (Wildman–Crippen LogP) is 3.16. The first-order chi connectivity index (χ1) is 9.59. The van der Waals surface area contributed by atoms with Crippen LogP contribution in [-0.4, -0.2) is 28.6 Å². The van der Waals surface area contributed by atoms with Crippen molar-refractivity contribution in [3.8, 4) is 6.07 Å². The van der Waals surface area contributed by atoms with E-state index < -0.39 is 0 Å². The molecule has 4 heteroatoms. The van der Waals surface area contributed by atoms with Crippen molar-refractivity contribution in [2.75, 3.05) is 23.7 Å². The molecule has 3 nitrogen and oxygen atoms in total. The van der Waals surface area contributed by atoms with Crippen molar-refractivity contribution < 1.29 is 0 Å². The first-order valence-electron chi connectivity index (χ1n) is 7.41. The third kappa shape index (κ3) is 2.64. The van der Waals surface area contributed by atoms with Gasteiger partial charge in [0.2, 0.25) is 0 Å². The number of aromatic nitrogens is 1. The number of nitriles is 1. The monoisotopic (exact) mass is 287 g/mol. The summed E-state index contributed by atoms with van der Waals surface area (Å²) in [6.07, 6.45) is 4.48. The van der Waals surface area contributed by atoms with Crippen molar-refractivity contribution in [3.63, 3.8) is 0 Å². The van der Waals surface area contributed by atoms with Gasteiger partial charge >= 0.3 is 0 Å². The normalized spacial score (nSPS) is 21.1. The highest BCUT2D eigenvalue weighted by Crippen LogP contribution is 2.33. The summed E-state index contributed by atoms with van der Waals surface area (Å²) in [6, 6.07) is 4.43. The van der Waals surface area contributed by atoms with Crippen LogP contribution in [0.5, 0.6) is 0 Å². The molecule has 20 heavy (non-hydrogen) atoms. The second-order valence-corrected chi connectivity index (χ2v) is 8.08. The highest BCUT2D eigenvalue weighted by Gasteiger charge is 2.26. The van der Waals surface area contributed by atoms with E-state index in [2.05, 4.69) is 30.9 Å². The van der Waals surface area contributed by atoms with Crippen molar-refractivity contribution in [1.82, 2.24) is 4.98 Å². The van der Waals surface area contributed by atoms with E-state index in [1.807, 2.05) is 11.8 Å². The molecule has 0 atom stereocenters. The molecule has 0 bridgehead atoms. The molecule has 0 radical (unpaired) electrons. The average Bonchev–Trinajstić information content (AvgIpc) is 2.80. The first-order valence-corrected chi connectivity index (χ1v) is 8.39. The number of nitrogens with zero attached hydrogens (tertiary/aromatic N) is 3. The fourth-order valence-electron chi connectivity index (χ4n) is 3.02. The molecule has 2 heterocycles. The van der Waals surface area contributed by atoms with Crippen molar-refractivity contribution in [3.05, 3.63) is 22.9 Å². The minimum atomic E-state index is 0.332. The van der Waals surface area contributed by atoms with Crippen LogP contribution in [0, 0.1) is 11.3 Å². The Morgan fingerprint density at radius 1 is 1.35 bits per heavy atom. The van der Waals surface area contributed by atoms with Crippen molar-refractivity contribution in [2.45, 2.75) is 44.3 Å². The van der Waals surface area contributed by atoms with Gasteiger partial charge in [-0.25, -0.2) is 4.98 Å². The van der Waals surface area contributed by atoms with Crippen LogP contribution in [0.15, 0.2) is 6.07 Å². The lowest BCUT2D eigenvalue weighted by molar-refractivity contribution is 0.634. The second kappa shape index (κ2) is 5.29. The molecule has 1 aliphatic heterocycles. The van der Waals surface area contributed by atoms with Gasteiger partial charge in [0.15, 0.2) is 0 Å². The zero-order valence-electron chi connectivity index (χ0n) is 12.3. The lowest BCUT2D eigenvalue weighted by Gasteiger charge is -2.24. The van der Waals surface area contributed by atoms with Crippen molar-refractivity contribution >= 4 is 17.6 Å². The van der Waals surface area contributed by atoms with E-state index in [9.17, 15) is 5.26 Å². The van der Waals surface area contributed by atoms with Gasteiger partial charge < -0.3 is 4.90 Å². The SMILES string of the molecule is CC1(C)CCN(c2nc3c(cc2C#N)CCC3)CCS1. The maximum Gasteiger partial charge on any atom is 0.146 e. The number of pyridine rings is 1. The van der Waals surface area contributed by atoms with Crippen molar-refractivity contribution in [1.29, 1.82) is 5.26 Å². The van der Waals surface area contributed by atoms with Crippen LogP contribution in [0.3, 0.4) is 0 Å². The largest absolute Gasteiger partial charge is 0.355 e. The molecule has 1 aromatic rings. The van der Waals surface area contributed by atoms with Crippen molar-refractivity contribution in [2.24, 2.45) is 0 Å². The van der Waals surface area contributed by atoms with Gasteiger partial charge in [0.05, 0.1) is 5.56 Å². The molecule has 0 amide bonds. The van der Waals surface area contributed by atoms with E-state index in [1.165, 1.54) is 17.7 Å². The maximum atomic E-state index is 9.43. The van der Waals surface area contributed by atoms with Gasteiger partial charge in [0, 0.05) is 29.3 Å². The van der Waals surface area contributed by atoms with Crippen LogP contribution in [0.1, 0.15) is 43.5 Å². The summed E-state index contributed by atoms with van der Waals surface area (Å²) < 4.78 is 0.332. The zero-order valence-corrected chi connectivity index (χ0v) is 13.1. The Labute approximate surface area is 125 Å². The fourth-order valence-corrected chi connectivity index (χ4v) is 4.12. The molecule has 0 N–H and O–H groups in total. The number of thioether (sulfide) groups is 1. The highest BCUT2D eigenvalue weighted by molar-refractivity contribution is 8.00. The van der Waals surface area contributed by atoms with Gasteiger partial charge in [0.25, 0.3) is 0 Å². The highest BCUT2D eigenvalue weighted by atomic mass is 32.2. The van der Waals surface area contributed by atoms with Crippen LogP contribution in [-0.2, 0) is 12.8 Å². The van der Waals surface area contributed by atoms with Crippen LogP contribution in [0.2, 0.25) is 0 Å². The molecule has 1 aromatic heterocycles. The zero-order chi connectivity index (χ0) is 14.2. The van der Waals surface area contributed by atoms with Gasteiger partial charge in [0.1, 0.15) is 11.9 Å². The first kappa shape index (κ1) is 13.8. The molecule has 1 saturated heterocycles. The Balaban J connectivity index is 1.92. The number of aryl methyl sites for hydroxylation is 2. The molecule has 1 aliphatic carbocycles. The standard InChI is InChI=1S/C16H21N3S/c1-16(2)6-7-19(8-9-20-16)15-13(11-17)10-12-4-3-5-14(12)18-15/h10H,3-9H2,1-2H3. The van der Waals surface area contributed by atoms with Gasteiger partial charge in [-0.1, -0.05) is 13.8 Å². The van der Waals surface area contributed by atoms with Crippen LogP contribution >= 0.6 is 11.8 Å². The molecule has 0 saturated carbocycles. The quantitative estimate of drug-likeness (QED) is 0.795. The molecule has 0 aromatic carbocycles. The van der Waals surface area contributed by atoms with Gasteiger partial charge in [-0.3, -0.25) is 0 Å². The maximum absolute atomic E-state index is 9.43. The summed E-state index contributed by atoms with van der Waals surface area (Å²) in [5.74, 6) is 2.03. The fraction of sp³-hybridized carbons (Fsp3) is 0.625. The van der Waals surface area contributed by atoms with Crippen LogP contribution in [0.25, 0.3) is 0 Å². The van der Waals surface area contributed by atoms with E-state index in [-0.39, 0.29) is 0 Å². The van der Waals surface area contributed by atoms with Gasteiger partial charge in [-0.15, -0.1) is 0 Å². The number of anilines is 1. The minimum Gasteiger partial charge on any atom is -0.355 e. The lowest BCUT2D eigenvalue weighted by atomic mass is 10.1. The molecular weight excluding hydrogens is 266 g/mol. The van der Waals surface area contributed by atoms with Crippen LogP contribution < -0.4 is 4.90 Å². The van der Waals surface area contributed by atoms with Gasteiger partial charge in [-0.2, -0.15) is 17.0 Å². The molecule has 0 unspecified atom stereocenters. The Morgan fingerprint density at radius 3 is 3.00 bits per heavy atom. The number of hydrogen-bond donors (Lipinski definition) is 0. The van der Waals surface area contributed by atoms with E-state index in [4.69, 9.17) is 4.98 Å². The summed E-state index contributed by atoms with van der Waals surface area (Å²) in [5, 5.41) is 9.43. The molecule has 106 valence electrons. The van der Waals surface area contributed by atoms with E-state index in [0.29, 0.717) is 4.75 Å². The van der Waals surface area contributed by atoms with Crippen LogP contribution in [0.4, 0.5) is 5.82 Å². The summed E-state index contributed by atoms with van der Waals surface area (Å²) in [7, 11) is 0. The average molecular weight is 287 g/mol. The topological polar surface area (TPSA) is 39.9 Å². The summed E-state index contributed by atoms with van der Waals surface area (Å²) in [4.78, 5) is 7.15. The molecule has 2 aliphatic rings. The molecular formula is C16H21N3S. The number of fused-ring (bicyclic) bond motifs is 1. The predicted molar refractivity (Wildman–Crippen MR) is 84.3 cm³/mol. The summed E-state index contributed by atoms with van der Waals surface area (Å²) >= 11 is 2.03. The number of rotatable bonds is 1. The molecule has 1 fully saturated rings. The summed E-state index contributed by atoms with van der Waals surface area (Å²) in [5.41, 5.74) is 3.26. The third-order valence-corrected chi connectivity index (χ3v) is 5.66. The minimum absolute atomic E-state index is 0.332. The Hall–Kier alpha value is -1.21. The molecule has 0 spiro atoms. The molecule has 3 rings (SSSR count).